The molecule has 0 aliphatic rings. The number of ketones is 1. The molecule has 1 heterocycles. The number of nitrogens with zero attached hydrogens (tertiary/aromatic N) is 1. The van der Waals surface area contributed by atoms with Crippen LogP contribution in [-0.4, -0.2) is 51.2 Å². The zero-order chi connectivity index (χ0) is 22.8. The predicted octanol–water partition coefficient (Wildman–Crippen LogP) is 1.57. The lowest BCUT2D eigenvalue weighted by atomic mass is 9.94. The van der Waals surface area contributed by atoms with Gasteiger partial charge in [-0.1, -0.05) is 32.0 Å². The first-order chi connectivity index (χ1) is 14.8. The van der Waals surface area contributed by atoms with Gasteiger partial charge < -0.3 is 20.7 Å². The Morgan fingerprint density at radius 3 is 2.42 bits per heavy atom. The van der Waals surface area contributed by atoms with Crippen molar-refractivity contribution in [2.45, 2.75) is 39.2 Å². The fourth-order valence-corrected chi connectivity index (χ4v) is 3.12. The zero-order valence-corrected chi connectivity index (χ0v) is 17.6. The third-order valence-corrected chi connectivity index (χ3v) is 4.67. The summed E-state index contributed by atoms with van der Waals surface area (Å²) in [5, 5.41) is 14.5. The van der Waals surface area contributed by atoms with Gasteiger partial charge in [-0.05, 0) is 24.5 Å². The van der Waals surface area contributed by atoms with Gasteiger partial charge in [0, 0.05) is 30.3 Å². The highest BCUT2D eigenvalue weighted by Gasteiger charge is 2.28. The summed E-state index contributed by atoms with van der Waals surface area (Å²) in [6.45, 7) is 3.50. The quantitative estimate of drug-likeness (QED) is 0.404. The number of benzene rings is 1. The smallest absolute Gasteiger partial charge is 0.326 e. The van der Waals surface area contributed by atoms with Crippen molar-refractivity contribution in [3.8, 4) is 0 Å². The van der Waals surface area contributed by atoms with Gasteiger partial charge in [0.05, 0.1) is 18.8 Å². The molecule has 0 aliphatic heterocycles. The van der Waals surface area contributed by atoms with E-state index < -0.39 is 23.8 Å². The first-order valence-electron chi connectivity index (χ1n) is 10.1. The summed E-state index contributed by atoms with van der Waals surface area (Å²) in [7, 11) is 0. The van der Waals surface area contributed by atoms with Crippen molar-refractivity contribution >= 4 is 23.6 Å². The number of aliphatic carboxylic acids is 1. The highest BCUT2D eigenvalue weighted by atomic mass is 16.4. The van der Waals surface area contributed by atoms with E-state index in [2.05, 4.69) is 20.6 Å². The molecule has 2 aromatic rings. The third-order valence-electron chi connectivity index (χ3n) is 4.67. The second kappa shape index (κ2) is 11.6. The van der Waals surface area contributed by atoms with Gasteiger partial charge in [-0.15, -0.1) is 0 Å². The second-order valence-electron chi connectivity index (χ2n) is 7.80. The maximum atomic E-state index is 12.8. The third kappa shape index (κ3) is 8.04. The first-order valence-corrected chi connectivity index (χ1v) is 10.1. The molecule has 1 aromatic carbocycles. The minimum Gasteiger partial charge on any atom is -0.480 e. The summed E-state index contributed by atoms with van der Waals surface area (Å²) in [5.41, 5.74) is 1.08. The number of aromatic nitrogens is 2. The van der Waals surface area contributed by atoms with Crippen LogP contribution in [-0.2, 0) is 20.8 Å². The maximum absolute atomic E-state index is 12.8. The monoisotopic (exact) mass is 428 g/mol. The van der Waals surface area contributed by atoms with Crippen LogP contribution < -0.4 is 10.6 Å². The molecule has 0 spiro atoms. The summed E-state index contributed by atoms with van der Waals surface area (Å²) < 4.78 is 0. The van der Waals surface area contributed by atoms with Crippen molar-refractivity contribution in [2.75, 3.05) is 6.54 Å². The normalized spacial score (nSPS) is 12.7. The predicted molar refractivity (Wildman–Crippen MR) is 113 cm³/mol. The number of Topliss-reactive ketones (excluding diaryl/α,β-unsaturated/α-hetero) is 1. The summed E-state index contributed by atoms with van der Waals surface area (Å²) in [5.74, 6) is -3.09. The number of carboxylic acid groups (broad SMARTS) is 1. The molecule has 2 atom stereocenters. The van der Waals surface area contributed by atoms with Crippen LogP contribution in [0.5, 0.6) is 0 Å². The van der Waals surface area contributed by atoms with Crippen LogP contribution in [0.15, 0.2) is 42.9 Å². The van der Waals surface area contributed by atoms with Crippen molar-refractivity contribution < 1.29 is 24.3 Å². The van der Waals surface area contributed by atoms with Crippen LogP contribution in [0.2, 0.25) is 0 Å². The van der Waals surface area contributed by atoms with E-state index in [4.69, 9.17) is 0 Å². The topological polar surface area (TPSA) is 141 Å². The molecule has 2 unspecified atom stereocenters. The highest BCUT2D eigenvalue weighted by Crippen LogP contribution is 2.14. The van der Waals surface area contributed by atoms with Gasteiger partial charge in [0.15, 0.2) is 5.78 Å². The van der Waals surface area contributed by atoms with E-state index in [9.17, 15) is 24.3 Å². The van der Waals surface area contributed by atoms with E-state index in [1.807, 2.05) is 13.8 Å². The van der Waals surface area contributed by atoms with Gasteiger partial charge in [-0.3, -0.25) is 14.4 Å². The Hall–Kier alpha value is -3.49. The first kappa shape index (κ1) is 23.8. The Kier molecular flexibility index (Phi) is 8.93. The molecule has 9 nitrogen and oxygen atoms in total. The van der Waals surface area contributed by atoms with Crippen LogP contribution in [0.25, 0.3) is 0 Å². The molecule has 0 fully saturated rings. The molecule has 1 aromatic heterocycles. The molecule has 4 N–H and O–H groups in total. The number of carbonyl (C=O) groups is 4. The SMILES string of the molecule is CC(C)CC(NC(=O)C(CC(=O)CNC(=O)c1ccccc1)Cc1cnc[nH]1)C(=O)O. The van der Waals surface area contributed by atoms with E-state index in [0.717, 1.165) is 0 Å². The van der Waals surface area contributed by atoms with Crippen LogP contribution in [0.3, 0.4) is 0 Å². The minimum atomic E-state index is -1.12. The number of H-pyrrole nitrogens is 1. The zero-order valence-electron chi connectivity index (χ0n) is 17.6. The van der Waals surface area contributed by atoms with E-state index in [0.29, 0.717) is 11.3 Å². The molecule has 0 saturated carbocycles. The van der Waals surface area contributed by atoms with Crippen LogP contribution in [0.1, 0.15) is 42.7 Å². The molecule has 2 amide bonds. The molecular weight excluding hydrogens is 400 g/mol. The molecule has 0 radical (unpaired) electrons. The molecule has 2 rings (SSSR count). The summed E-state index contributed by atoms with van der Waals surface area (Å²) in [6, 6.07) is 7.45. The molecule has 0 saturated heterocycles. The molecule has 31 heavy (non-hydrogen) atoms. The summed E-state index contributed by atoms with van der Waals surface area (Å²) >= 11 is 0. The number of amides is 2. The van der Waals surface area contributed by atoms with Crippen LogP contribution in [0.4, 0.5) is 0 Å². The fourth-order valence-electron chi connectivity index (χ4n) is 3.12. The van der Waals surface area contributed by atoms with Gasteiger partial charge >= 0.3 is 5.97 Å². The Balaban J connectivity index is 2.01. The molecule has 0 bridgehead atoms. The van der Waals surface area contributed by atoms with Crippen molar-refractivity contribution in [3.05, 3.63) is 54.1 Å². The average Bonchev–Trinajstić information content (AvgIpc) is 3.24. The van der Waals surface area contributed by atoms with E-state index >= 15 is 0 Å². The maximum Gasteiger partial charge on any atom is 0.326 e. The second-order valence-corrected chi connectivity index (χ2v) is 7.80. The van der Waals surface area contributed by atoms with Gasteiger partial charge in [0.1, 0.15) is 6.04 Å². The highest BCUT2D eigenvalue weighted by molar-refractivity contribution is 5.97. The number of carboxylic acids is 1. The standard InChI is InChI=1S/C22H28N4O5/c1-14(2)8-19(22(30)31)26-21(29)16(9-17-11-23-13-25-17)10-18(27)12-24-20(28)15-6-4-3-5-7-15/h3-7,11,13-14,16,19H,8-10,12H2,1-2H3,(H,23,25)(H,24,28)(H,26,29)(H,30,31). The summed E-state index contributed by atoms with van der Waals surface area (Å²) in [4.78, 5) is 55.7. The van der Waals surface area contributed by atoms with Crippen molar-refractivity contribution in [1.82, 2.24) is 20.6 Å². The minimum absolute atomic E-state index is 0.0716. The lowest BCUT2D eigenvalue weighted by Gasteiger charge is -2.21. The van der Waals surface area contributed by atoms with Crippen molar-refractivity contribution in [3.63, 3.8) is 0 Å². The van der Waals surface area contributed by atoms with Gasteiger partial charge in [0.2, 0.25) is 5.91 Å². The Bertz CT molecular complexity index is 881. The number of aromatic amines is 1. The molecule has 0 aliphatic carbocycles. The average molecular weight is 428 g/mol. The Labute approximate surface area is 180 Å². The number of nitrogens with one attached hydrogen (secondary N) is 3. The Morgan fingerprint density at radius 2 is 1.84 bits per heavy atom. The number of carbonyl (C=O) groups excluding carboxylic acids is 3. The van der Waals surface area contributed by atoms with E-state index in [1.165, 1.54) is 6.33 Å². The lowest BCUT2D eigenvalue weighted by molar-refractivity contribution is -0.143. The summed E-state index contributed by atoms with van der Waals surface area (Å²) in [6.07, 6.45) is 3.33. The lowest BCUT2D eigenvalue weighted by Crippen LogP contribution is -2.45. The van der Waals surface area contributed by atoms with Crippen molar-refractivity contribution in [2.24, 2.45) is 11.8 Å². The van der Waals surface area contributed by atoms with Gasteiger partial charge in [-0.25, -0.2) is 9.78 Å². The largest absolute Gasteiger partial charge is 0.480 e. The number of hydrogen-bond acceptors (Lipinski definition) is 5. The van der Waals surface area contributed by atoms with E-state index in [-0.39, 0.29) is 43.4 Å². The van der Waals surface area contributed by atoms with Crippen LogP contribution >= 0.6 is 0 Å². The fraction of sp³-hybridized carbons (Fsp3) is 0.409. The molecule has 9 heteroatoms. The molecule has 166 valence electrons. The van der Waals surface area contributed by atoms with Gasteiger partial charge in [-0.2, -0.15) is 0 Å². The van der Waals surface area contributed by atoms with Gasteiger partial charge in [0.25, 0.3) is 5.91 Å². The number of hydrogen-bond donors (Lipinski definition) is 4. The number of rotatable bonds is 12. The molecular formula is C22H28N4O5. The van der Waals surface area contributed by atoms with Crippen LogP contribution in [0, 0.1) is 11.8 Å². The van der Waals surface area contributed by atoms with E-state index in [1.54, 1.807) is 36.5 Å². The Morgan fingerprint density at radius 1 is 1.13 bits per heavy atom. The number of imidazole rings is 1. The van der Waals surface area contributed by atoms with Crippen molar-refractivity contribution in [1.29, 1.82) is 0 Å².